The van der Waals surface area contributed by atoms with Crippen LogP contribution in [0, 0.1) is 20.2 Å². The van der Waals surface area contributed by atoms with Crippen LogP contribution in [0.1, 0.15) is 66.2 Å². The Labute approximate surface area is 184 Å². The van der Waals surface area contributed by atoms with E-state index in [1.54, 1.807) is 4.90 Å². The van der Waals surface area contributed by atoms with E-state index in [4.69, 9.17) is 0 Å². The zero-order valence-corrected chi connectivity index (χ0v) is 19.7. The number of nitro groups is 2. The molecule has 176 valence electrons. The summed E-state index contributed by atoms with van der Waals surface area (Å²) in [6, 6.07) is 1.95. The monoisotopic (exact) mass is 458 g/mol. The minimum Gasteiger partial charge on any atom is -0.360 e. The lowest BCUT2D eigenvalue weighted by Gasteiger charge is -2.25. The van der Waals surface area contributed by atoms with Gasteiger partial charge in [-0.3, -0.25) is 20.2 Å². The third-order valence-corrected chi connectivity index (χ3v) is 6.78. The van der Waals surface area contributed by atoms with Gasteiger partial charge in [-0.05, 0) is 25.7 Å². The summed E-state index contributed by atoms with van der Waals surface area (Å²) in [4.78, 5) is 23.4. The molecule has 0 bridgehead atoms. The number of unbranched alkanes of at least 4 members (excludes halogenated alkanes) is 2. The standard InChI is InChI=1S/C20H34N4O6S/c1-5-9-13-22(14-10-6-2)31(29,30)17-15-18(23(25)26)20(19(16-17)24(27)28)21(11-7-3)12-8-4/h15-16H,5-14H2,1-4H3. The third kappa shape index (κ3) is 6.86. The Balaban J connectivity index is 3.72. The average Bonchev–Trinajstić information content (AvgIpc) is 2.72. The molecule has 0 spiro atoms. The van der Waals surface area contributed by atoms with Crippen molar-refractivity contribution in [3.05, 3.63) is 32.4 Å². The molecule has 0 aromatic heterocycles. The van der Waals surface area contributed by atoms with Crippen LogP contribution in [0.25, 0.3) is 0 Å². The summed E-state index contributed by atoms with van der Waals surface area (Å²) in [5.41, 5.74) is -1.24. The van der Waals surface area contributed by atoms with Crippen molar-refractivity contribution >= 4 is 27.1 Å². The molecule has 0 N–H and O–H groups in total. The van der Waals surface area contributed by atoms with Crippen LogP contribution in [0.5, 0.6) is 0 Å². The molecule has 0 saturated carbocycles. The third-order valence-electron chi connectivity index (χ3n) is 4.90. The van der Waals surface area contributed by atoms with E-state index in [1.807, 2.05) is 27.7 Å². The van der Waals surface area contributed by atoms with Gasteiger partial charge in [0, 0.05) is 38.3 Å². The highest BCUT2D eigenvalue weighted by Gasteiger charge is 2.35. The Hall–Kier alpha value is -2.27. The summed E-state index contributed by atoms with van der Waals surface area (Å²) < 4.78 is 27.9. The second-order valence-corrected chi connectivity index (χ2v) is 9.36. The molecule has 0 fully saturated rings. The van der Waals surface area contributed by atoms with Crippen LogP contribution < -0.4 is 4.90 Å². The van der Waals surface area contributed by atoms with Gasteiger partial charge in [-0.2, -0.15) is 4.31 Å². The summed E-state index contributed by atoms with van der Waals surface area (Å²) >= 11 is 0. The Morgan fingerprint density at radius 2 is 1.19 bits per heavy atom. The van der Waals surface area contributed by atoms with Gasteiger partial charge in [0.05, 0.1) is 14.7 Å². The molecular weight excluding hydrogens is 424 g/mol. The summed E-state index contributed by atoms with van der Waals surface area (Å²) in [6.07, 6.45) is 4.09. The van der Waals surface area contributed by atoms with Crippen molar-refractivity contribution in [1.29, 1.82) is 0 Å². The van der Waals surface area contributed by atoms with Gasteiger partial charge in [-0.1, -0.05) is 40.5 Å². The molecule has 0 radical (unpaired) electrons. The van der Waals surface area contributed by atoms with Crippen LogP contribution >= 0.6 is 0 Å². The van der Waals surface area contributed by atoms with Crippen molar-refractivity contribution in [1.82, 2.24) is 4.31 Å². The molecule has 0 saturated heterocycles. The maximum Gasteiger partial charge on any atom is 0.301 e. The maximum absolute atomic E-state index is 13.3. The summed E-state index contributed by atoms with van der Waals surface area (Å²) in [7, 11) is -4.12. The lowest BCUT2D eigenvalue weighted by Crippen LogP contribution is -2.33. The van der Waals surface area contributed by atoms with E-state index in [9.17, 15) is 28.6 Å². The fraction of sp³-hybridized carbons (Fsp3) is 0.700. The summed E-state index contributed by atoms with van der Waals surface area (Å²) in [5, 5.41) is 23.7. The van der Waals surface area contributed by atoms with Gasteiger partial charge < -0.3 is 4.90 Å². The van der Waals surface area contributed by atoms with E-state index in [0.717, 1.165) is 25.0 Å². The molecule has 1 rings (SSSR count). The molecule has 0 atom stereocenters. The number of nitrogens with zero attached hydrogens (tertiary/aromatic N) is 4. The largest absolute Gasteiger partial charge is 0.360 e. The van der Waals surface area contributed by atoms with Crippen LogP contribution in [0.2, 0.25) is 0 Å². The number of hydrogen-bond donors (Lipinski definition) is 0. The minimum absolute atomic E-state index is 0.133. The predicted octanol–water partition coefficient (Wildman–Crippen LogP) is 4.72. The molecular formula is C20H34N4O6S. The minimum atomic E-state index is -4.12. The van der Waals surface area contributed by atoms with Crippen LogP contribution in [0.15, 0.2) is 17.0 Å². The molecule has 0 aliphatic rings. The highest BCUT2D eigenvalue weighted by molar-refractivity contribution is 7.89. The van der Waals surface area contributed by atoms with Crippen molar-refractivity contribution in [3.63, 3.8) is 0 Å². The molecule has 0 aliphatic carbocycles. The molecule has 0 heterocycles. The lowest BCUT2D eigenvalue weighted by molar-refractivity contribution is -0.393. The molecule has 1 aromatic carbocycles. The second kappa shape index (κ2) is 12.6. The van der Waals surface area contributed by atoms with E-state index in [2.05, 4.69) is 0 Å². The fourth-order valence-corrected chi connectivity index (χ4v) is 4.93. The van der Waals surface area contributed by atoms with Crippen LogP contribution in [0.3, 0.4) is 0 Å². The van der Waals surface area contributed by atoms with Gasteiger partial charge in [0.2, 0.25) is 10.0 Å². The van der Waals surface area contributed by atoms with Crippen LogP contribution in [0.4, 0.5) is 17.1 Å². The average molecular weight is 459 g/mol. The molecule has 0 amide bonds. The summed E-state index contributed by atoms with van der Waals surface area (Å²) in [5.74, 6) is 0. The first-order valence-corrected chi connectivity index (χ1v) is 12.3. The Kier molecular flexibility index (Phi) is 10.8. The number of anilines is 1. The number of hydrogen-bond acceptors (Lipinski definition) is 7. The Bertz CT molecular complexity index is 810. The molecule has 0 aliphatic heterocycles. The van der Waals surface area contributed by atoms with Gasteiger partial charge >= 0.3 is 11.4 Å². The Morgan fingerprint density at radius 3 is 1.52 bits per heavy atom. The van der Waals surface area contributed by atoms with Gasteiger partial charge in [-0.25, -0.2) is 8.42 Å². The molecule has 0 unspecified atom stereocenters. The number of nitro benzene ring substituents is 2. The van der Waals surface area contributed by atoms with E-state index in [0.29, 0.717) is 38.8 Å². The second-order valence-electron chi connectivity index (χ2n) is 7.42. The molecule has 1 aromatic rings. The highest BCUT2D eigenvalue weighted by atomic mass is 32.2. The van der Waals surface area contributed by atoms with Crippen molar-refractivity contribution < 1.29 is 18.3 Å². The van der Waals surface area contributed by atoms with Gasteiger partial charge in [0.1, 0.15) is 0 Å². The van der Waals surface area contributed by atoms with E-state index < -0.39 is 36.1 Å². The molecule has 10 nitrogen and oxygen atoms in total. The van der Waals surface area contributed by atoms with E-state index in [-0.39, 0.29) is 18.8 Å². The van der Waals surface area contributed by atoms with Gasteiger partial charge in [0.15, 0.2) is 5.69 Å². The highest BCUT2D eigenvalue weighted by Crippen LogP contribution is 2.40. The number of rotatable bonds is 15. The zero-order chi connectivity index (χ0) is 23.6. The lowest BCUT2D eigenvalue weighted by atomic mass is 10.2. The first-order valence-electron chi connectivity index (χ1n) is 10.9. The van der Waals surface area contributed by atoms with E-state index in [1.165, 1.54) is 4.31 Å². The van der Waals surface area contributed by atoms with Crippen molar-refractivity contribution in [3.8, 4) is 0 Å². The quantitative estimate of drug-likeness (QED) is 0.275. The zero-order valence-electron chi connectivity index (χ0n) is 18.9. The smallest absolute Gasteiger partial charge is 0.301 e. The first kappa shape index (κ1) is 26.8. The van der Waals surface area contributed by atoms with Gasteiger partial charge in [0.25, 0.3) is 0 Å². The molecule has 31 heavy (non-hydrogen) atoms. The normalized spacial score (nSPS) is 11.6. The topological polar surface area (TPSA) is 127 Å². The number of benzene rings is 1. The van der Waals surface area contributed by atoms with Crippen molar-refractivity contribution in [2.45, 2.75) is 71.1 Å². The SMILES string of the molecule is CCCCN(CCCC)S(=O)(=O)c1cc([N+](=O)[O-])c(N(CCC)CCC)c([N+](=O)[O-])c1. The fourth-order valence-electron chi connectivity index (χ4n) is 3.38. The van der Waals surface area contributed by atoms with Crippen LogP contribution in [-0.4, -0.2) is 48.7 Å². The summed E-state index contributed by atoms with van der Waals surface area (Å²) in [6.45, 7) is 8.93. The van der Waals surface area contributed by atoms with Gasteiger partial charge in [-0.15, -0.1) is 0 Å². The van der Waals surface area contributed by atoms with Crippen LogP contribution in [-0.2, 0) is 10.0 Å². The van der Waals surface area contributed by atoms with Crippen molar-refractivity contribution in [2.75, 3.05) is 31.1 Å². The Morgan fingerprint density at radius 1 is 0.774 bits per heavy atom. The first-order chi connectivity index (χ1) is 14.6. The number of sulfonamides is 1. The maximum atomic E-state index is 13.3. The predicted molar refractivity (Wildman–Crippen MR) is 121 cm³/mol. The van der Waals surface area contributed by atoms with E-state index >= 15 is 0 Å². The van der Waals surface area contributed by atoms with Crippen molar-refractivity contribution in [2.24, 2.45) is 0 Å². The molecule has 11 heteroatoms.